The number of amidine groups is 1. The van der Waals surface area contributed by atoms with Gasteiger partial charge in [0.25, 0.3) is 0 Å². The van der Waals surface area contributed by atoms with E-state index in [-0.39, 0.29) is 5.84 Å². The molecule has 0 fully saturated rings. The second-order valence-corrected chi connectivity index (χ2v) is 3.52. The highest BCUT2D eigenvalue weighted by Crippen LogP contribution is 2.23. The lowest BCUT2D eigenvalue weighted by atomic mass is 10.2. The van der Waals surface area contributed by atoms with E-state index in [1.807, 2.05) is 12.1 Å². The normalized spacial score (nSPS) is 10.2. The van der Waals surface area contributed by atoms with E-state index in [0.29, 0.717) is 16.5 Å². The lowest BCUT2D eigenvalue weighted by Crippen LogP contribution is -2.09. The number of hydrogen-bond donors (Lipinski definition) is 2. The van der Waals surface area contributed by atoms with Crippen LogP contribution in [0.25, 0.3) is 11.3 Å². The number of nitrogens with one attached hydrogen (secondary N) is 1. The van der Waals surface area contributed by atoms with Crippen LogP contribution < -0.4 is 5.73 Å². The van der Waals surface area contributed by atoms with E-state index < -0.39 is 0 Å². The standard InChI is InChI=1S/C11H9ClN2O/c12-8-3-1-7(2-4-8)9-5-6-10(15-9)11(13)14/h1-6H,(H3,13,14). The molecule has 0 bridgehead atoms. The van der Waals surface area contributed by atoms with Crippen LogP contribution in [0, 0.1) is 5.41 Å². The van der Waals surface area contributed by atoms with Crippen molar-refractivity contribution in [3.8, 4) is 11.3 Å². The van der Waals surface area contributed by atoms with Crippen LogP contribution >= 0.6 is 11.6 Å². The molecule has 0 saturated heterocycles. The summed E-state index contributed by atoms with van der Waals surface area (Å²) in [4.78, 5) is 0. The van der Waals surface area contributed by atoms with E-state index in [0.717, 1.165) is 5.56 Å². The van der Waals surface area contributed by atoms with Gasteiger partial charge in [-0.1, -0.05) is 11.6 Å². The molecule has 3 N–H and O–H groups in total. The third kappa shape index (κ3) is 2.02. The van der Waals surface area contributed by atoms with Gasteiger partial charge in [-0.05, 0) is 36.4 Å². The summed E-state index contributed by atoms with van der Waals surface area (Å²) < 4.78 is 5.38. The minimum Gasteiger partial charge on any atom is -0.453 e. The highest BCUT2D eigenvalue weighted by molar-refractivity contribution is 6.30. The summed E-state index contributed by atoms with van der Waals surface area (Å²) in [6.07, 6.45) is 0. The van der Waals surface area contributed by atoms with Gasteiger partial charge in [0.15, 0.2) is 11.6 Å². The molecular formula is C11H9ClN2O. The molecule has 76 valence electrons. The summed E-state index contributed by atoms with van der Waals surface area (Å²) in [6.45, 7) is 0. The SMILES string of the molecule is N=C(N)c1ccc(-c2ccc(Cl)cc2)o1. The number of benzene rings is 1. The Morgan fingerprint density at radius 2 is 1.80 bits per heavy atom. The molecule has 2 rings (SSSR count). The first-order valence-electron chi connectivity index (χ1n) is 4.37. The summed E-state index contributed by atoms with van der Waals surface area (Å²) in [5, 5.41) is 7.89. The zero-order valence-electron chi connectivity index (χ0n) is 7.83. The van der Waals surface area contributed by atoms with Gasteiger partial charge in [0.2, 0.25) is 0 Å². The molecular weight excluding hydrogens is 212 g/mol. The summed E-state index contributed by atoms with van der Waals surface area (Å²) in [7, 11) is 0. The molecule has 0 aliphatic carbocycles. The molecule has 2 aromatic rings. The number of rotatable bonds is 2. The van der Waals surface area contributed by atoms with Crippen LogP contribution in [0.1, 0.15) is 5.76 Å². The second-order valence-electron chi connectivity index (χ2n) is 3.08. The maximum atomic E-state index is 7.21. The van der Waals surface area contributed by atoms with Crippen molar-refractivity contribution in [2.75, 3.05) is 0 Å². The molecule has 0 aliphatic rings. The van der Waals surface area contributed by atoms with Crippen molar-refractivity contribution in [1.29, 1.82) is 5.41 Å². The van der Waals surface area contributed by atoms with Gasteiger partial charge in [0.05, 0.1) is 0 Å². The topological polar surface area (TPSA) is 63.0 Å². The van der Waals surface area contributed by atoms with Crippen molar-refractivity contribution >= 4 is 17.4 Å². The molecule has 0 atom stereocenters. The summed E-state index contributed by atoms with van der Waals surface area (Å²) in [6, 6.07) is 10.7. The van der Waals surface area contributed by atoms with Crippen molar-refractivity contribution in [3.05, 3.63) is 47.2 Å². The fourth-order valence-corrected chi connectivity index (χ4v) is 1.38. The average molecular weight is 221 g/mol. The first-order valence-corrected chi connectivity index (χ1v) is 4.75. The molecule has 0 aliphatic heterocycles. The van der Waals surface area contributed by atoms with E-state index >= 15 is 0 Å². The minimum atomic E-state index is -0.0739. The van der Waals surface area contributed by atoms with Crippen LogP contribution in [0.15, 0.2) is 40.8 Å². The molecule has 0 unspecified atom stereocenters. The Labute approximate surface area is 92.0 Å². The van der Waals surface area contributed by atoms with E-state index in [2.05, 4.69) is 0 Å². The lowest BCUT2D eigenvalue weighted by molar-refractivity contribution is 0.571. The Morgan fingerprint density at radius 3 is 2.33 bits per heavy atom. The van der Waals surface area contributed by atoms with Crippen molar-refractivity contribution in [2.45, 2.75) is 0 Å². The third-order valence-corrected chi connectivity index (χ3v) is 2.25. The Kier molecular flexibility index (Phi) is 2.47. The van der Waals surface area contributed by atoms with Crippen LogP contribution in [0.3, 0.4) is 0 Å². The van der Waals surface area contributed by atoms with Gasteiger partial charge >= 0.3 is 0 Å². The van der Waals surface area contributed by atoms with Crippen LogP contribution in [-0.4, -0.2) is 5.84 Å². The largest absolute Gasteiger partial charge is 0.453 e. The first-order chi connectivity index (χ1) is 7.16. The Morgan fingerprint density at radius 1 is 1.13 bits per heavy atom. The van der Waals surface area contributed by atoms with Gasteiger partial charge in [-0.15, -0.1) is 0 Å². The van der Waals surface area contributed by atoms with Gasteiger partial charge < -0.3 is 10.2 Å². The number of nitrogens with two attached hydrogens (primary N) is 1. The van der Waals surface area contributed by atoms with Crippen LogP contribution in [0.5, 0.6) is 0 Å². The monoisotopic (exact) mass is 220 g/mol. The zero-order valence-corrected chi connectivity index (χ0v) is 8.58. The molecule has 3 nitrogen and oxygen atoms in total. The second kappa shape index (κ2) is 3.79. The smallest absolute Gasteiger partial charge is 0.168 e. The Hall–Kier alpha value is -1.74. The number of hydrogen-bond acceptors (Lipinski definition) is 2. The number of furan rings is 1. The maximum absolute atomic E-state index is 7.21. The Bertz CT molecular complexity index is 488. The highest BCUT2D eigenvalue weighted by atomic mass is 35.5. The van der Waals surface area contributed by atoms with Crippen LogP contribution in [0.4, 0.5) is 0 Å². The summed E-state index contributed by atoms with van der Waals surface area (Å²) in [5.74, 6) is 0.979. The quantitative estimate of drug-likeness (QED) is 0.604. The fourth-order valence-electron chi connectivity index (χ4n) is 1.25. The van der Waals surface area contributed by atoms with Crippen LogP contribution in [-0.2, 0) is 0 Å². The molecule has 1 aromatic heterocycles. The predicted octanol–water partition coefficient (Wildman–Crippen LogP) is 2.88. The van der Waals surface area contributed by atoms with Gasteiger partial charge in [0, 0.05) is 10.6 Å². The van der Waals surface area contributed by atoms with Crippen molar-refractivity contribution in [3.63, 3.8) is 0 Å². The maximum Gasteiger partial charge on any atom is 0.168 e. The van der Waals surface area contributed by atoms with Crippen molar-refractivity contribution in [1.82, 2.24) is 0 Å². The van der Waals surface area contributed by atoms with Crippen molar-refractivity contribution in [2.24, 2.45) is 5.73 Å². The molecule has 1 aromatic carbocycles. The molecule has 0 amide bonds. The predicted molar refractivity (Wildman–Crippen MR) is 60.2 cm³/mol. The van der Waals surface area contributed by atoms with Gasteiger partial charge in [0.1, 0.15) is 5.76 Å². The van der Waals surface area contributed by atoms with Crippen LogP contribution in [0.2, 0.25) is 5.02 Å². The molecule has 0 spiro atoms. The van der Waals surface area contributed by atoms with Crippen molar-refractivity contribution < 1.29 is 4.42 Å². The molecule has 0 radical (unpaired) electrons. The third-order valence-electron chi connectivity index (χ3n) is 2.00. The van der Waals surface area contributed by atoms with E-state index in [4.69, 9.17) is 27.2 Å². The van der Waals surface area contributed by atoms with Gasteiger partial charge in [-0.3, -0.25) is 5.41 Å². The van der Waals surface area contributed by atoms with Gasteiger partial charge in [-0.25, -0.2) is 0 Å². The lowest BCUT2D eigenvalue weighted by Gasteiger charge is -1.96. The van der Waals surface area contributed by atoms with E-state index in [1.165, 1.54) is 0 Å². The molecule has 0 saturated carbocycles. The molecule has 1 heterocycles. The minimum absolute atomic E-state index is 0.0739. The Balaban J connectivity index is 2.37. The highest BCUT2D eigenvalue weighted by Gasteiger charge is 2.05. The average Bonchev–Trinajstić information content (AvgIpc) is 2.68. The fraction of sp³-hybridized carbons (Fsp3) is 0. The number of nitrogen functional groups attached to an aromatic ring is 1. The van der Waals surface area contributed by atoms with Gasteiger partial charge in [-0.2, -0.15) is 0 Å². The summed E-state index contributed by atoms with van der Waals surface area (Å²) in [5.41, 5.74) is 6.21. The first kappa shape index (κ1) is 9.80. The van der Waals surface area contributed by atoms with E-state index in [1.54, 1.807) is 24.3 Å². The zero-order chi connectivity index (χ0) is 10.8. The molecule has 4 heteroatoms. The van der Waals surface area contributed by atoms with E-state index in [9.17, 15) is 0 Å². The summed E-state index contributed by atoms with van der Waals surface area (Å²) >= 11 is 5.77. The number of halogens is 1. The molecule has 15 heavy (non-hydrogen) atoms.